The van der Waals surface area contributed by atoms with Crippen molar-refractivity contribution in [3.8, 4) is 0 Å². The van der Waals surface area contributed by atoms with E-state index < -0.39 is 17.2 Å². The van der Waals surface area contributed by atoms with E-state index in [0.717, 1.165) is 44.6 Å². The van der Waals surface area contributed by atoms with Gasteiger partial charge in [0.25, 0.3) is 5.91 Å². The highest BCUT2D eigenvalue weighted by atomic mass is 19.4. The molecule has 1 aliphatic carbocycles. The molecule has 2 unspecified atom stereocenters. The van der Waals surface area contributed by atoms with E-state index in [1.807, 2.05) is 35.2 Å². The van der Waals surface area contributed by atoms with Crippen molar-refractivity contribution in [1.29, 1.82) is 0 Å². The number of aromatic nitrogens is 1. The summed E-state index contributed by atoms with van der Waals surface area (Å²) in [6, 6.07) is 10.7. The fraction of sp³-hybridized carbons (Fsp3) is 0.552. The van der Waals surface area contributed by atoms with Crippen LogP contribution in [-0.2, 0) is 23.9 Å². The molecule has 2 aliphatic heterocycles. The van der Waals surface area contributed by atoms with Gasteiger partial charge in [-0.05, 0) is 48.9 Å². The van der Waals surface area contributed by atoms with Crippen molar-refractivity contribution in [3.63, 3.8) is 0 Å². The van der Waals surface area contributed by atoms with Crippen LogP contribution in [0.25, 0.3) is 0 Å². The average Bonchev–Trinajstić information content (AvgIpc) is 3.39. The molecule has 0 spiro atoms. The molecule has 204 valence electrons. The van der Waals surface area contributed by atoms with Crippen molar-refractivity contribution >= 4 is 11.8 Å². The second-order valence-electron chi connectivity index (χ2n) is 11.2. The van der Waals surface area contributed by atoms with Crippen LogP contribution in [-0.4, -0.2) is 70.3 Å². The van der Waals surface area contributed by atoms with Crippen molar-refractivity contribution in [3.05, 3.63) is 65.0 Å². The highest BCUT2D eigenvalue weighted by Crippen LogP contribution is 2.48. The molecule has 0 N–H and O–H groups in total. The topological polar surface area (TPSA) is 56.8 Å². The Morgan fingerprint density at radius 3 is 2.39 bits per heavy atom. The minimum absolute atomic E-state index is 0.0518. The molecule has 38 heavy (non-hydrogen) atoms. The van der Waals surface area contributed by atoms with E-state index in [2.05, 4.69) is 23.7 Å². The van der Waals surface area contributed by atoms with E-state index >= 15 is 0 Å². The van der Waals surface area contributed by atoms with Crippen LogP contribution in [0.3, 0.4) is 0 Å². The summed E-state index contributed by atoms with van der Waals surface area (Å²) in [4.78, 5) is 36.9. The number of halogens is 3. The third kappa shape index (κ3) is 5.05. The maximum Gasteiger partial charge on any atom is 0.417 e. The smallest absolute Gasteiger partial charge is 0.337 e. The summed E-state index contributed by atoms with van der Waals surface area (Å²) in [6.07, 6.45) is -0.695. The highest BCUT2D eigenvalue weighted by molar-refractivity contribution is 5.94. The van der Waals surface area contributed by atoms with Crippen LogP contribution in [0.1, 0.15) is 60.3 Å². The van der Waals surface area contributed by atoms with Gasteiger partial charge < -0.3 is 9.80 Å². The quantitative estimate of drug-likeness (QED) is 0.581. The van der Waals surface area contributed by atoms with E-state index in [1.54, 1.807) is 4.90 Å². The summed E-state index contributed by atoms with van der Waals surface area (Å²) >= 11 is 0. The number of fused-ring (bicyclic) bond motifs is 1. The lowest BCUT2D eigenvalue weighted by Gasteiger charge is -2.41. The monoisotopic (exact) mass is 528 g/mol. The van der Waals surface area contributed by atoms with Crippen LogP contribution < -0.4 is 0 Å². The van der Waals surface area contributed by atoms with E-state index in [0.29, 0.717) is 42.9 Å². The molecule has 0 radical (unpaired) electrons. The number of carbonyl (C=O) groups is 2. The van der Waals surface area contributed by atoms with Gasteiger partial charge in [-0.25, -0.2) is 0 Å². The molecular formula is C29H35F3N4O2. The van der Waals surface area contributed by atoms with Crippen molar-refractivity contribution in [2.24, 2.45) is 11.3 Å². The van der Waals surface area contributed by atoms with Gasteiger partial charge in [0.1, 0.15) is 0 Å². The zero-order valence-corrected chi connectivity index (χ0v) is 22.0. The number of rotatable bonds is 4. The maximum atomic E-state index is 14.0. The van der Waals surface area contributed by atoms with Gasteiger partial charge >= 0.3 is 6.18 Å². The number of pyridine rings is 1. The van der Waals surface area contributed by atoms with E-state index in [4.69, 9.17) is 0 Å². The largest absolute Gasteiger partial charge is 0.417 e. The molecule has 1 aromatic carbocycles. The first-order valence-corrected chi connectivity index (χ1v) is 13.5. The van der Waals surface area contributed by atoms with Crippen molar-refractivity contribution in [2.45, 2.75) is 58.3 Å². The molecule has 6 nitrogen and oxygen atoms in total. The number of alkyl halides is 3. The van der Waals surface area contributed by atoms with Crippen LogP contribution in [0, 0.1) is 11.3 Å². The molecule has 5 rings (SSSR count). The van der Waals surface area contributed by atoms with Gasteiger partial charge in [-0.1, -0.05) is 32.0 Å². The number of hydrogen-bond donors (Lipinski definition) is 0. The van der Waals surface area contributed by atoms with Gasteiger partial charge in [-0.15, -0.1) is 0 Å². The lowest BCUT2D eigenvalue weighted by molar-refractivity contribution is -0.146. The first kappa shape index (κ1) is 26.7. The summed E-state index contributed by atoms with van der Waals surface area (Å²) < 4.78 is 39.8. The number of hydrogen-bond acceptors (Lipinski definition) is 4. The average molecular weight is 529 g/mol. The van der Waals surface area contributed by atoms with Crippen LogP contribution in [0.5, 0.6) is 0 Å². The number of piperazine rings is 1. The van der Waals surface area contributed by atoms with Crippen LogP contribution in [0.4, 0.5) is 13.2 Å². The Morgan fingerprint density at radius 2 is 1.74 bits per heavy atom. The Labute approximate surface area is 221 Å². The van der Waals surface area contributed by atoms with Crippen molar-refractivity contribution in [1.82, 2.24) is 19.7 Å². The van der Waals surface area contributed by atoms with Gasteiger partial charge in [-0.2, -0.15) is 13.2 Å². The highest BCUT2D eigenvalue weighted by Gasteiger charge is 2.51. The van der Waals surface area contributed by atoms with Gasteiger partial charge in [0.05, 0.1) is 11.0 Å². The fourth-order valence-electron chi connectivity index (χ4n) is 6.45. The molecule has 9 heteroatoms. The van der Waals surface area contributed by atoms with Crippen LogP contribution in [0.15, 0.2) is 42.6 Å². The molecule has 1 saturated heterocycles. The predicted molar refractivity (Wildman–Crippen MR) is 137 cm³/mol. The predicted octanol–water partition coefficient (Wildman–Crippen LogP) is 4.64. The minimum atomic E-state index is -4.46. The number of benzene rings is 1. The Bertz CT molecular complexity index is 1180. The van der Waals surface area contributed by atoms with Crippen LogP contribution >= 0.6 is 0 Å². The summed E-state index contributed by atoms with van der Waals surface area (Å²) in [5, 5.41) is 0. The Kier molecular flexibility index (Phi) is 7.24. The molecule has 2 amide bonds. The van der Waals surface area contributed by atoms with Gasteiger partial charge in [0, 0.05) is 69.2 Å². The normalized spacial score (nSPS) is 24.5. The lowest BCUT2D eigenvalue weighted by atomic mass is 9.73. The minimum Gasteiger partial charge on any atom is -0.337 e. The SMILES string of the molecule is CC(C)C1(C(=O)N2CCc3ncc(C(F)(F)F)cc3C2)CCC(N2CCN(C(=O)c3ccccc3)CC2)C1. The second kappa shape index (κ2) is 10.3. The molecule has 2 atom stereocenters. The molecular weight excluding hydrogens is 493 g/mol. The first-order valence-electron chi connectivity index (χ1n) is 13.5. The molecule has 0 bridgehead atoms. The molecule has 1 aromatic heterocycles. The second-order valence-corrected chi connectivity index (χ2v) is 11.2. The Balaban J connectivity index is 1.24. The molecule has 3 aliphatic rings. The van der Waals surface area contributed by atoms with Crippen molar-refractivity contribution < 1.29 is 22.8 Å². The number of amides is 2. The number of nitrogens with zero attached hydrogens (tertiary/aromatic N) is 4. The Hall–Kier alpha value is -2.94. The summed E-state index contributed by atoms with van der Waals surface area (Å²) in [6.45, 7) is 7.67. The summed E-state index contributed by atoms with van der Waals surface area (Å²) in [5.74, 6) is 0.217. The Morgan fingerprint density at radius 1 is 1.03 bits per heavy atom. The standard InChI is InChI=1S/C29H35F3N4O2/c1-20(2)28(27(38)36-11-9-25-22(19-36)16-23(18-33-25)29(30,31)32)10-8-24(17-28)34-12-14-35(15-13-34)26(37)21-6-4-3-5-7-21/h3-7,16,18,20,24H,8-15,17,19H2,1-2H3. The zero-order valence-electron chi connectivity index (χ0n) is 22.0. The summed E-state index contributed by atoms with van der Waals surface area (Å²) in [5.41, 5.74) is 0.538. The van der Waals surface area contributed by atoms with E-state index in [1.165, 1.54) is 0 Å². The maximum absolute atomic E-state index is 14.0. The van der Waals surface area contributed by atoms with Gasteiger partial charge in [-0.3, -0.25) is 19.5 Å². The molecule has 2 fully saturated rings. The molecule has 2 aromatic rings. The van der Waals surface area contributed by atoms with E-state index in [9.17, 15) is 22.8 Å². The van der Waals surface area contributed by atoms with E-state index in [-0.39, 0.29) is 30.3 Å². The third-order valence-corrected chi connectivity index (χ3v) is 8.85. The third-order valence-electron chi connectivity index (χ3n) is 8.85. The first-order chi connectivity index (χ1) is 18.1. The zero-order chi connectivity index (χ0) is 27.1. The van der Waals surface area contributed by atoms with Gasteiger partial charge in [0.2, 0.25) is 5.91 Å². The molecule has 1 saturated carbocycles. The summed E-state index contributed by atoms with van der Waals surface area (Å²) in [7, 11) is 0. The van der Waals surface area contributed by atoms with Crippen LogP contribution in [0.2, 0.25) is 0 Å². The van der Waals surface area contributed by atoms with Gasteiger partial charge in [0.15, 0.2) is 0 Å². The van der Waals surface area contributed by atoms with Crippen molar-refractivity contribution in [2.75, 3.05) is 32.7 Å². The lowest BCUT2D eigenvalue weighted by Crippen LogP contribution is -2.52. The fourth-order valence-corrected chi connectivity index (χ4v) is 6.45. The number of carbonyl (C=O) groups excluding carboxylic acids is 2. The molecule has 3 heterocycles.